The molecule has 170 valence electrons. The molecule has 1 amide bonds. The van der Waals surface area contributed by atoms with Gasteiger partial charge in [0.2, 0.25) is 0 Å². The molecule has 9 heteroatoms. The van der Waals surface area contributed by atoms with E-state index in [2.05, 4.69) is 5.32 Å². The van der Waals surface area contributed by atoms with Gasteiger partial charge in [-0.3, -0.25) is 4.79 Å². The topological polar surface area (TPSA) is 73.9 Å². The van der Waals surface area contributed by atoms with E-state index >= 15 is 0 Å². The molecular weight excluding hydrogens is 482 g/mol. The van der Waals surface area contributed by atoms with Crippen LogP contribution in [0.1, 0.15) is 27.0 Å². The molecule has 4 rings (SSSR count). The molecule has 0 fully saturated rings. The Morgan fingerprint density at radius 2 is 1.82 bits per heavy atom. The highest BCUT2D eigenvalue weighted by Crippen LogP contribution is 2.41. The Hall–Kier alpha value is -3.07. The van der Waals surface area contributed by atoms with Crippen molar-refractivity contribution in [3.05, 3.63) is 63.3 Å². The van der Waals surface area contributed by atoms with Gasteiger partial charge in [-0.1, -0.05) is 35.9 Å². The molecule has 0 radical (unpaired) electrons. The second-order valence-electron chi connectivity index (χ2n) is 6.84. The highest BCUT2D eigenvalue weighted by molar-refractivity contribution is 7.22. The summed E-state index contributed by atoms with van der Waals surface area (Å²) in [6.07, 6.45) is 0. The fourth-order valence-corrected chi connectivity index (χ4v) is 5.76. The van der Waals surface area contributed by atoms with Gasteiger partial charge in [0.15, 0.2) is 11.5 Å². The lowest BCUT2D eigenvalue weighted by Crippen LogP contribution is -2.14. The van der Waals surface area contributed by atoms with Gasteiger partial charge in [-0.2, -0.15) is 0 Å². The van der Waals surface area contributed by atoms with Crippen LogP contribution in [-0.4, -0.2) is 32.7 Å². The zero-order chi connectivity index (χ0) is 23.5. The second-order valence-corrected chi connectivity index (χ2v) is 9.15. The zero-order valence-corrected chi connectivity index (χ0v) is 20.5. The van der Waals surface area contributed by atoms with Crippen molar-refractivity contribution in [2.75, 3.05) is 26.1 Å². The van der Waals surface area contributed by atoms with Crippen LogP contribution >= 0.6 is 34.3 Å². The highest BCUT2D eigenvalue weighted by Gasteiger charge is 2.25. The van der Waals surface area contributed by atoms with Gasteiger partial charge in [0.05, 0.1) is 25.8 Å². The summed E-state index contributed by atoms with van der Waals surface area (Å²) >= 11 is 9.01. The summed E-state index contributed by atoms with van der Waals surface area (Å²) in [6, 6.07) is 12.9. The number of anilines is 1. The molecule has 0 aliphatic rings. The maximum atomic E-state index is 13.1. The Morgan fingerprint density at radius 3 is 2.52 bits per heavy atom. The number of carbonyl (C=O) groups excluding carboxylic acids is 2. The van der Waals surface area contributed by atoms with Crippen molar-refractivity contribution in [3.8, 4) is 22.6 Å². The van der Waals surface area contributed by atoms with E-state index in [9.17, 15) is 9.59 Å². The maximum Gasteiger partial charge on any atom is 0.341 e. The van der Waals surface area contributed by atoms with E-state index in [4.69, 9.17) is 25.8 Å². The lowest BCUT2D eigenvalue weighted by Gasteiger charge is -2.11. The predicted molar refractivity (Wildman–Crippen MR) is 134 cm³/mol. The number of amides is 1. The van der Waals surface area contributed by atoms with Crippen molar-refractivity contribution in [1.29, 1.82) is 0 Å². The van der Waals surface area contributed by atoms with Crippen LogP contribution in [0.25, 0.3) is 21.2 Å². The summed E-state index contributed by atoms with van der Waals surface area (Å²) in [5.41, 5.74) is 1.63. The molecule has 2 aromatic carbocycles. The third kappa shape index (κ3) is 4.42. The van der Waals surface area contributed by atoms with Crippen molar-refractivity contribution < 1.29 is 23.8 Å². The molecule has 1 N–H and O–H groups in total. The fraction of sp³-hybridized carbons (Fsp3) is 0.167. The number of fused-ring (bicyclic) bond motifs is 1. The van der Waals surface area contributed by atoms with Crippen LogP contribution in [0.4, 0.5) is 5.00 Å². The summed E-state index contributed by atoms with van der Waals surface area (Å²) in [5, 5.41) is 6.25. The number of esters is 1. The number of hydrogen-bond acceptors (Lipinski definition) is 7. The third-order valence-electron chi connectivity index (χ3n) is 4.93. The van der Waals surface area contributed by atoms with E-state index < -0.39 is 5.97 Å². The Morgan fingerprint density at radius 1 is 1.06 bits per heavy atom. The van der Waals surface area contributed by atoms with Crippen LogP contribution in [0.15, 0.2) is 47.8 Å². The van der Waals surface area contributed by atoms with Gasteiger partial charge >= 0.3 is 5.97 Å². The summed E-state index contributed by atoms with van der Waals surface area (Å²) in [5.74, 6) is 0.189. The molecule has 6 nitrogen and oxygen atoms in total. The van der Waals surface area contributed by atoms with E-state index in [-0.39, 0.29) is 18.1 Å². The quantitative estimate of drug-likeness (QED) is 0.284. The number of halogens is 1. The number of nitrogens with one attached hydrogen (secondary N) is 1. The van der Waals surface area contributed by atoms with Crippen LogP contribution in [-0.2, 0) is 4.74 Å². The average Bonchev–Trinajstić information content (AvgIpc) is 3.40. The van der Waals surface area contributed by atoms with Gasteiger partial charge in [0.25, 0.3) is 5.91 Å². The van der Waals surface area contributed by atoms with Crippen LogP contribution < -0.4 is 14.8 Å². The van der Waals surface area contributed by atoms with E-state index in [1.165, 1.54) is 22.7 Å². The van der Waals surface area contributed by atoms with Gasteiger partial charge in [-0.25, -0.2) is 4.79 Å². The van der Waals surface area contributed by atoms with Gasteiger partial charge in [0, 0.05) is 21.0 Å². The molecule has 0 saturated carbocycles. The molecule has 0 spiro atoms. The second kappa shape index (κ2) is 9.82. The number of ether oxygens (including phenoxy) is 3. The smallest absolute Gasteiger partial charge is 0.341 e. The summed E-state index contributed by atoms with van der Waals surface area (Å²) < 4.78 is 16.9. The standard InChI is InChI=1S/C24H20ClNO5S2/c1-4-31-24(28)19-15(13-9-10-16(29-2)17(11-13)30-3)12-32-23(19)26-22(27)21-20(25)14-7-5-6-8-18(14)33-21/h5-12H,4H2,1-3H3,(H,26,27). The predicted octanol–water partition coefficient (Wildman–Crippen LogP) is 6.73. The number of methoxy groups -OCH3 is 2. The third-order valence-corrected chi connectivity index (χ3v) is 7.50. The van der Waals surface area contributed by atoms with Gasteiger partial charge < -0.3 is 19.5 Å². The van der Waals surface area contributed by atoms with Gasteiger partial charge in [-0.05, 0) is 30.7 Å². The maximum absolute atomic E-state index is 13.1. The molecule has 0 unspecified atom stereocenters. The molecule has 0 atom stereocenters. The fourth-order valence-electron chi connectivity index (χ4n) is 3.39. The largest absolute Gasteiger partial charge is 0.493 e. The number of thiophene rings is 2. The van der Waals surface area contributed by atoms with Crippen LogP contribution in [0.2, 0.25) is 5.02 Å². The van der Waals surface area contributed by atoms with Gasteiger partial charge in [0.1, 0.15) is 15.4 Å². The van der Waals surface area contributed by atoms with Crippen molar-refractivity contribution in [3.63, 3.8) is 0 Å². The van der Waals surface area contributed by atoms with E-state index in [0.717, 1.165) is 15.6 Å². The number of carbonyl (C=O) groups is 2. The molecule has 0 aliphatic heterocycles. The van der Waals surface area contributed by atoms with E-state index in [1.807, 2.05) is 30.3 Å². The average molecular weight is 502 g/mol. The first-order chi connectivity index (χ1) is 16.0. The monoisotopic (exact) mass is 501 g/mol. The lowest BCUT2D eigenvalue weighted by molar-refractivity contribution is 0.0529. The summed E-state index contributed by atoms with van der Waals surface area (Å²) in [7, 11) is 3.10. The molecule has 2 aromatic heterocycles. The van der Waals surface area contributed by atoms with E-state index in [1.54, 1.807) is 38.7 Å². The van der Waals surface area contributed by atoms with E-state index in [0.29, 0.717) is 32.0 Å². The SMILES string of the molecule is CCOC(=O)c1c(-c2ccc(OC)c(OC)c2)csc1NC(=O)c1sc2ccccc2c1Cl. The Bertz CT molecular complexity index is 1340. The molecule has 0 aliphatic carbocycles. The molecule has 4 aromatic rings. The lowest BCUT2D eigenvalue weighted by atomic mass is 10.0. The van der Waals surface area contributed by atoms with Crippen molar-refractivity contribution >= 4 is 61.2 Å². The first-order valence-corrected chi connectivity index (χ1v) is 12.0. The van der Waals surface area contributed by atoms with Crippen LogP contribution in [0, 0.1) is 0 Å². The minimum absolute atomic E-state index is 0.204. The Kier molecular flexibility index (Phi) is 6.88. The minimum atomic E-state index is -0.527. The summed E-state index contributed by atoms with van der Waals surface area (Å²) in [4.78, 5) is 26.4. The van der Waals surface area contributed by atoms with Crippen molar-refractivity contribution in [1.82, 2.24) is 0 Å². The first-order valence-electron chi connectivity index (χ1n) is 9.97. The van der Waals surface area contributed by atoms with Gasteiger partial charge in [-0.15, -0.1) is 22.7 Å². The molecular formula is C24H20ClNO5S2. The van der Waals surface area contributed by atoms with Crippen molar-refractivity contribution in [2.24, 2.45) is 0 Å². The Balaban J connectivity index is 1.74. The number of benzene rings is 2. The zero-order valence-electron chi connectivity index (χ0n) is 18.1. The minimum Gasteiger partial charge on any atom is -0.493 e. The molecule has 2 heterocycles. The van der Waals surface area contributed by atoms with Crippen LogP contribution in [0.3, 0.4) is 0 Å². The molecule has 0 bridgehead atoms. The molecule has 33 heavy (non-hydrogen) atoms. The number of rotatable bonds is 7. The summed E-state index contributed by atoms with van der Waals surface area (Å²) in [6.45, 7) is 1.94. The highest BCUT2D eigenvalue weighted by atomic mass is 35.5. The first kappa shape index (κ1) is 23.1. The number of hydrogen-bond donors (Lipinski definition) is 1. The van der Waals surface area contributed by atoms with Crippen LogP contribution in [0.5, 0.6) is 11.5 Å². The Labute approximate surface area is 203 Å². The molecule has 0 saturated heterocycles. The normalized spacial score (nSPS) is 10.8. The van der Waals surface area contributed by atoms with Crippen molar-refractivity contribution in [2.45, 2.75) is 6.92 Å².